The highest BCUT2D eigenvalue weighted by Crippen LogP contribution is 2.60. The topological polar surface area (TPSA) is 67.8 Å². The molecule has 29 heavy (non-hydrogen) atoms. The van der Waals surface area contributed by atoms with Crippen LogP contribution in [-0.4, -0.2) is 30.9 Å². The average Bonchev–Trinajstić information content (AvgIpc) is 3.14. The normalized spacial score (nSPS) is 42.6. The van der Waals surface area contributed by atoms with Crippen LogP contribution in [0.3, 0.4) is 0 Å². The summed E-state index contributed by atoms with van der Waals surface area (Å²) in [5.74, 6) is 7.22. The molecule has 0 aromatic heterocycles. The standard InChI is InChI=1S/C22H32F3N3O/c23-22(24,25)14-2-4-15-13(11-14)1-3-17-16(15)5-6-19-18(17)7-8-20(19)21(29)12-27-9-10-28-26/h9-10,13-20H,1-8,11-12,26H2/b27-9?,28-10-. The van der Waals surface area contributed by atoms with E-state index < -0.39 is 12.1 Å². The van der Waals surface area contributed by atoms with Gasteiger partial charge in [0, 0.05) is 12.1 Å². The average molecular weight is 412 g/mol. The Morgan fingerprint density at radius 1 is 0.862 bits per heavy atom. The predicted octanol–water partition coefficient (Wildman–Crippen LogP) is 4.63. The van der Waals surface area contributed by atoms with Gasteiger partial charge in [0.1, 0.15) is 0 Å². The van der Waals surface area contributed by atoms with Crippen LogP contribution in [-0.2, 0) is 4.79 Å². The molecule has 8 atom stereocenters. The summed E-state index contributed by atoms with van der Waals surface area (Å²) in [6.07, 6.45) is 6.42. The number of halogens is 3. The zero-order chi connectivity index (χ0) is 20.6. The third kappa shape index (κ3) is 4.11. The van der Waals surface area contributed by atoms with Crippen LogP contribution in [0.1, 0.15) is 57.8 Å². The van der Waals surface area contributed by atoms with E-state index >= 15 is 0 Å². The Labute approximate surface area is 170 Å². The van der Waals surface area contributed by atoms with Crippen LogP contribution in [0.4, 0.5) is 13.2 Å². The number of rotatable bonds is 4. The van der Waals surface area contributed by atoms with Gasteiger partial charge in [0.15, 0.2) is 5.78 Å². The second kappa shape index (κ2) is 8.38. The Kier molecular flexibility index (Phi) is 6.03. The number of hydrogen-bond acceptors (Lipinski definition) is 4. The van der Waals surface area contributed by atoms with Gasteiger partial charge in [-0.25, -0.2) is 0 Å². The van der Waals surface area contributed by atoms with Crippen molar-refractivity contribution < 1.29 is 18.0 Å². The Hall–Kier alpha value is -1.40. The molecule has 2 N–H and O–H groups in total. The minimum atomic E-state index is -4.03. The fraction of sp³-hybridized carbons (Fsp3) is 0.864. The number of hydrazone groups is 1. The lowest BCUT2D eigenvalue weighted by Crippen LogP contribution is -2.46. The monoisotopic (exact) mass is 411 g/mol. The fourth-order valence-corrected chi connectivity index (χ4v) is 7.55. The molecule has 0 saturated heterocycles. The van der Waals surface area contributed by atoms with Crippen molar-refractivity contribution in [2.24, 2.45) is 63.3 Å². The van der Waals surface area contributed by atoms with E-state index in [9.17, 15) is 18.0 Å². The number of hydrogen-bond donors (Lipinski definition) is 1. The van der Waals surface area contributed by atoms with Crippen molar-refractivity contribution in [2.75, 3.05) is 6.54 Å². The third-order valence-electron chi connectivity index (χ3n) is 8.65. The highest BCUT2D eigenvalue weighted by atomic mass is 19.4. The first-order valence-corrected chi connectivity index (χ1v) is 11.2. The summed E-state index contributed by atoms with van der Waals surface area (Å²) in [7, 11) is 0. The second-order valence-corrected chi connectivity index (χ2v) is 9.72. The van der Waals surface area contributed by atoms with Gasteiger partial charge in [-0.2, -0.15) is 18.3 Å². The first-order chi connectivity index (χ1) is 13.9. The number of nitrogens with zero attached hydrogens (tertiary/aromatic N) is 2. The Bertz CT molecular complexity index is 662. The summed E-state index contributed by atoms with van der Waals surface area (Å²) in [4.78, 5) is 16.8. The lowest BCUT2D eigenvalue weighted by Gasteiger charge is -2.53. The number of alkyl halides is 3. The first-order valence-electron chi connectivity index (χ1n) is 11.2. The highest BCUT2D eigenvalue weighted by Gasteiger charge is 2.54. The van der Waals surface area contributed by atoms with E-state index in [1.54, 1.807) is 0 Å². The molecule has 7 heteroatoms. The van der Waals surface area contributed by atoms with Gasteiger partial charge in [-0.1, -0.05) is 0 Å². The summed E-state index contributed by atoms with van der Waals surface area (Å²) < 4.78 is 39.6. The maximum Gasteiger partial charge on any atom is 0.391 e. The molecule has 0 amide bonds. The molecule has 4 rings (SSSR count). The van der Waals surface area contributed by atoms with Crippen molar-refractivity contribution in [3.05, 3.63) is 0 Å². The fourth-order valence-electron chi connectivity index (χ4n) is 7.55. The van der Waals surface area contributed by atoms with Crippen molar-refractivity contribution in [1.82, 2.24) is 0 Å². The smallest absolute Gasteiger partial charge is 0.323 e. The van der Waals surface area contributed by atoms with Crippen molar-refractivity contribution in [1.29, 1.82) is 0 Å². The van der Waals surface area contributed by atoms with Crippen LogP contribution in [0.15, 0.2) is 10.1 Å². The SMILES string of the molecule is N/N=C\C=NCC(=O)C1CCC2C1CCC1C3CCC(C(F)(F)F)CC3CCC12. The molecule has 4 saturated carbocycles. The van der Waals surface area contributed by atoms with E-state index in [-0.39, 0.29) is 24.2 Å². The zero-order valence-corrected chi connectivity index (χ0v) is 16.9. The van der Waals surface area contributed by atoms with Crippen LogP contribution < -0.4 is 5.84 Å². The molecule has 4 fully saturated rings. The molecular formula is C22H32F3N3O. The highest BCUT2D eigenvalue weighted by molar-refractivity contribution is 6.16. The van der Waals surface area contributed by atoms with Gasteiger partial charge in [-0.05, 0) is 93.3 Å². The number of Topliss-reactive ketones (excluding diaryl/α,β-unsaturated/α-hetero) is 1. The van der Waals surface area contributed by atoms with E-state index in [0.29, 0.717) is 42.4 Å². The molecule has 4 nitrogen and oxygen atoms in total. The Balaban J connectivity index is 1.38. The molecule has 0 heterocycles. The van der Waals surface area contributed by atoms with E-state index in [1.807, 2.05) is 0 Å². The summed E-state index contributed by atoms with van der Waals surface area (Å²) in [6.45, 7) is 0.192. The van der Waals surface area contributed by atoms with Gasteiger partial charge >= 0.3 is 6.18 Å². The van der Waals surface area contributed by atoms with Gasteiger partial charge in [0.2, 0.25) is 0 Å². The summed E-state index contributed by atoms with van der Waals surface area (Å²) >= 11 is 0. The maximum absolute atomic E-state index is 13.2. The van der Waals surface area contributed by atoms with Crippen LogP contribution in [0.5, 0.6) is 0 Å². The van der Waals surface area contributed by atoms with Crippen molar-refractivity contribution in [3.63, 3.8) is 0 Å². The molecule has 8 unspecified atom stereocenters. The zero-order valence-electron chi connectivity index (χ0n) is 16.9. The Morgan fingerprint density at radius 2 is 1.48 bits per heavy atom. The molecule has 162 valence electrons. The van der Waals surface area contributed by atoms with E-state index in [4.69, 9.17) is 5.84 Å². The lowest BCUT2D eigenvalue weighted by atomic mass is 9.52. The summed E-state index contributed by atoms with van der Waals surface area (Å²) in [6, 6.07) is 0. The molecule has 0 radical (unpaired) electrons. The van der Waals surface area contributed by atoms with Crippen molar-refractivity contribution in [3.8, 4) is 0 Å². The first kappa shape index (κ1) is 20.9. The van der Waals surface area contributed by atoms with Gasteiger partial charge < -0.3 is 5.84 Å². The quantitative estimate of drug-likeness (QED) is 0.416. The summed E-state index contributed by atoms with van der Waals surface area (Å²) in [5.41, 5.74) is 0. The maximum atomic E-state index is 13.2. The third-order valence-corrected chi connectivity index (χ3v) is 8.65. The van der Waals surface area contributed by atoms with Crippen LogP contribution >= 0.6 is 0 Å². The Morgan fingerprint density at radius 3 is 2.24 bits per heavy atom. The molecule has 4 aliphatic carbocycles. The van der Waals surface area contributed by atoms with Gasteiger partial charge in [0.25, 0.3) is 0 Å². The minimum Gasteiger partial charge on any atom is -0.323 e. The molecule has 0 aromatic carbocycles. The minimum absolute atomic E-state index is 0.103. The molecule has 0 bridgehead atoms. The van der Waals surface area contributed by atoms with Gasteiger partial charge in [-0.15, -0.1) is 0 Å². The second-order valence-electron chi connectivity index (χ2n) is 9.72. The molecule has 4 aliphatic rings. The van der Waals surface area contributed by atoms with Crippen molar-refractivity contribution >= 4 is 18.2 Å². The van der Waals surface area contributed by atoms with Crippen LogP contribution in [0.2, 0.25) is 0 Å². The number of aliphatic imine (C=N–C) groups is 1. The molecular weight excluding hydrogens is 379 g/mol. The van der Waals surface area contributed by atoms with Crippen molar-refractivity contribution in [2.45, 2.75) is 64.0 Å². The number of fused-ring (bicyclic) bond motifs is 5. The van der Waals surface area contributed by atoms with Gasteiger partial charge in [-0.3, -0.25) is 9.79 Å². The molecule has 0 spiro atoms. The van der Waals surface area contributed by atoms with E-state index in [0.717, 1.165) is 44.9 Å². The van der Waals surface area contributed by atoms with Gasteiger partial charge in [0.05, 0.1) is 18.7 Å². The number of ketones is 1. The largest absolute Gasteiger partial charge is 0.391 e. The predicted molar refractivity (Wildman–Crippen MR) is 107 cm³/mol. The number of carbonyl (C=O) groups is 1. The van der Waals surface area contributed by atoms with E-state index in [2.05, 4.69) is 10.1 Å². The van der Waals surface area contributed by atoms with Crippen LogP contribution in [0, 0.1) is 47.3 Å². The summed E-state index contributed by atoms with van der Waals surface area (Å²) in [5, 5.41) is 3.34. The van der Waals surface area contributed by atoms with E-state index in [1.165, 1.54) is 12.4 Å². The van der Waals surface area contributed by atoms with Crippen LogP contribution in [0.25, 0.3) is 0 Å². The number of carbonyl (C=O) groups excluding carboxylic acids is 1. The number of nitrogens with two attached hydrogens (primary N) is 1. The molecule has 0 aromatic rings. The molecule has 0 aliphatic heterocycles. The lowest BCUT2D eigenvalue weighted by molar-refractivity contribution is -0.195.